The van der Waals surface area contributed by atoms with E-state index in [1.807, 2.05) is 0 Å². The van der Waals surface area contributed by atoms with Gasteiger partial charge in [0.15, 0.2) is 5.75 Å². The third kappa shape index (κ3) is 3.45. The number of hydrogen-bond acceptors (Lipinski definition) is 5. The molecule has 0 aliphatic rings. The van der Waals surface area contributed by atoms with E-state index in [-0.39, 0.29) is 6.61 Å². The Bertz CT molecular complexity index is 655. The van der Waals surface area contributed by atoms with E-state index in [9.17, 15) is 31.5 Å². The molecule has 0 aliphatic heterocycles. The molecule has 0 bridgehead atoms. The van der Waals surface area contributed by atoms with Gasteiger partial charge in [-0.2, -0.15) is 13.2 Å². The molecule has 0 unspecified atom stereocenters. The summed E-state index contributed by atoms with van der Waals surface area (Å²) in [6, 6.07) is 1.06. The summed E-state index contributed by atoms with van der Waals surface area (Å²) in [4.78, 5) is 10.1. The van der Waals surface area contributed by atoms with Crippen LogP contribution in [0.3, 0.4) is 0 Å². The van der Waals surface area contributed by atoms with Gasteiger partial charge in [0.2, 0.25) is 10.0 Å². The highest BCUT2D eigenvalue weighted by Crippen LogP contribution is 2.40. The second kappa shape index (κ2) is 5.90. The van der Waals surface area contributed by atoms with Crippen molar-refractivity contribution < 1.29 is 36.2 Å². The minimum absolute atomic E-state index is 0.0899. The van der Waals surface area contributed by atoms with E-state index < -0.39 is 43.9 Å². The number of carbonyl (C=O) groups is 1. The largest absolute Gasteiger partial charge is 0.506 e. The Morgan fingerprint density at radius 3 is 2.38 bits per heavy atom. The molecular formula is C11H12F3NO5S. The van der Waals surface area contributed by atoms with E-state index in [2.05, 4.69) is 4.74 Å². The van der Waals surface area contributed by atoms with E-state index in [1.54, 1.807) is 4.72 Å². The second-order valence-corrected chi connectivity index (χ2v) is 5.59. The molecule has 2 N–H and O–H groups in total. The zero-order valence-electron chi connectivity index (χ0n) is 11.0. The van der Waals surface area contributed by atoms with Gasteiger partial charge in [0.25, 0.3) is 0 Å². The first-order valence-corrected chi connectivity index (χ1v) is 7.08. The minimum Gasteiger partial charge on any atom is -0.506 e. The van der Waals surface area contributed by atoms with Crippen LogP contribution >= 0.6 is 0 Å². The van der Waals surface area contributed by atoms with Crippen molar-refractivity contribution in [3.8, 4) is 5.75 Å². The number of esters is 1. The zero-order chi connectivity index (χ0) is 16.4. The fourth-order valence-corrected chi connectivity index (χ4v) is 2.58. The topological polar surface area (TPSA) is 92.7 Å². The van der Waals surface area contributed by atoms with Gasteiger partial charge < -0.3 is 9.84 Å². The molecule has 118 valence electrons. The molecule has 0 saturated carbocycles. The molecule has 1 aromatic rings. The molecule has 0 aliphatic carbocycles. The normalized spacial score (nSPS) is 12.2. The summed E-state index contributed by atoms with van der Waals surface area (Å²) < 4.78 is 68.2. The molecule has 0 fully saturated rings. The maximum Gasteiger partial charge on any atom is 0.417 e. The summed E-state index contributed by atoms with van der Waals surface area (Å²) in [6.45, 7) is 1.36. The van der Waals surface area contributed by atoms with Gasteiger partial charge in [-0.25, -0.2) is 17.9 Å². The van der Waals surface area contributed by atoms with Crippen LogP contribution in [0.25, 0.3) is 0 Å². The fourth-order valence-electron chi connectivity index (χ4n) is 1.54. The van der Waals surface area contributed by atoms with Gasteiger partial charge in [-0.1, -0.05) is 0 Å². The maximum atomic E-state index is 12.9. The molecule has 0 atom stereocenters. The smallest absolute Gasteiger partial charge is 0.417 e. The van der Waals surface area contributed by atoms with Gasteiger partial charge >= 0.3 is 12.1 Å². The zero-order valence-corrected chi connectivity index (χ0v) is 11.8. The molecular weight excluding hydrogens is 315 g/mol. The van der Waals surface area contributed by atoms with Crippen LogP contribution in [-0.4, -0.2) is 33.1 Å². The monoisotopic (exact) mass is 327 g/mol. The number of aromatic hydroxyl groups is 1. The number of phenols is 1. The highest BCUT2D eigenvalue weighted by molar-refractivity contribution is 7.89. The van der Waals surface area contributed by atoms with E-state index in [1.165, 1.54) is 6.92 Å². The number of benzene rings is 1. The van der Waals surface area contributed by atoms with Crippen LogP contribution in [-0.2, 0) is 20.9 Å². The standard InChI is InChI=1S/C11H12F3NO5S/c1-3-20-10(17)6-4-5-7(11(12,13)14)9(8(6)16)21(18,19)15-2/h4-5,15-16H,3H2,1-2H3. The van der Waals surface area contributed by atoms with E-state index in [0.29, 0.717) is 12.1 Å². The molecule has 1 rings (SSSR count). The maximum absolute atomic E-state index is 12.9. The molecule has 6 nitrogen and oxygen atoms in total. The van der Waals surface area contributed by atoms with Gasteiger partial charge in [0.1, 0.15) is 10.5 Å². The van der Waals surface area contributed by atoms with Crippen molar-refractivity contribution in [2.45, 2.75) is 18.0 Å². The number of halogens is 3. The number of nitrogens with one attached hydrogen (secondary N) is 1. The quantitative estimate of drug-likeness (QED) is 0.818. The van der Waals surface area contributed by atoms with Crippen LogP contribution in [0.2, 0.25) is 0 Å². The Labute approximate surface area is 118 Å². The van der Waals surface area contributed by atoms with Crippen LogP contribution in [0, 0.1) is 0 Å². The molecule has 10 heteroatoms. The summed E-state index contributed by atoms with van der Waals surface area (Å²) >= 11 is 0. The first kappa shape index (κ1) is 17.2. The lowest BCUT2D eigenvalue weighted by Crippen LogP contribution is -2.24. The Balaban J connectivity index is 3.69. The van der Waals surface area contributed by atoms with Crippen LogP contribution in [0.5, 0.6) is 5.75 Å². The molecule has 0 radical (unpaired) electrons. The van der Waals surface area contributed by atoms with Gasteiger partial charge in [0, 0.05) is 0 Å². The highest BCUT2D eigenvalue weighted by Gasteiger charge is 2.40. The third-order valence-corrected chi connectivity index (χ3v) is 3.96. The van der Waals surface area contributed by atoms with Crippen molar-refractivity contribution in [2.75, 3.05) is 13.7 Å². The summed E-state index contributed by atoms with van der Waals surface area (Å²) in [5.41, 5.74) is -2.25. The highest BCUT2D eigenvalue weighted by atomic mass is 32.2. The first-order valence-electron chi connectivity index (χ1n) is 5.60. The van der Waals surface area contributed by atoms with Crippen molar-refractivity contribution >= 4 is 16.0 Å². The molecule has 0 spiro atoms. The lowest BCUT2D eigenvalue weighted by Gasteiger charge is -2.16. The van der Waals surface area contributed by atoms with E-state index >= 15 is 0 Å². The van der Waals surface area contributed by atoms with Gasteiger partial charge in [-0.15, -0.1) is 0 Å². The number of sulfonamides is 1. The van der Waals surface area contributed by atoms with E-state index in [4.69, 9.17) is 0 Å². The Morgan fingerprint density at radius 2 is 1.95 bits per heavy atom. The predicted octanol–water partition coefficient (Wildman–Crippen LogP) is 1.50. The van der Waals surface area contributed by atoms with Crippen LogP contribution in [0.15, 0.2) is 17.0 Å². The number of hydrogen-bond donors (Lipinski definition) is 2. The average Bonchev–Trinajstić information content (AvgIpc) is 2.37. The van der Waals surface area contributed by atoms with Gasteiger partial charge in [0.05, 0.1) is 12.2 Å². The van der Waals surface area contributed by atoms with E-state index in [0.717, 1.165) is 7.05 Å². The van der Waals surface area contributed by atoms with Crippen molar-refractivity contribution in [3.05, 3.63) is 23.3 Å². The van der Waals surface area contributed by atoms with Crippen LogP contribution in [0.4, 0.5) is 13.2 Å². The van der Waals surface area contributed by atoms with Crippen LogP contribution < -0.4 is 4.72 Å². The molecule has 0 saturated heterocycles. The number of ether oxygens (including phenoxy) is 1. The Morgan fingerprint density at radius 1 is 1.38 bits per heavy atom. The summed E-state index contributed by atoms with van der Waals surface area (Å²) in [5.74, 6) is -2.44. The SMILES string of the molecule is CCOC(=O)c1ccc(C(F)(F)F)c(S(=O)(=O)NC)c1O. The Kier molecular flexibility index (Phi) is 4.84. The molecule has 0 amide bonds. The summed E-state index contributed by atoms with van der Waals surface area (Å²) in [5, 5.41) is 9.78. The second-order valence-electron chi connectivity index (χ2n) is 3.76. The summed E-state index contributed by atoms with van der Waals surface area (Å²) in [7, 11) is -3.76. The molecule has 21 heavy (non-hydrogen) atoms. The molecule has 0 aromatic heterocycles. The Hall–Kier alpha value is -1.81. The lowest BCUT2D eigenvalue weighted by atomic mass is 10.1. The first-order chi connectivity index (χ1) is 9.56. The lowest BCUT2D eigenvalue weighted by molar-refractivity contribution is -0.140. The van der Waals surface area contributed by atoms with Crippen LogP contribution in [0.1, 0.15) is 22.8 Å². The van der Waals surface area contributed by atoms with Crippen molar-refractivity contribution in [1.82, 2.24) is 4.72 Å². The number of phenolic OH excluding ortho intramolecular Hbond substituents is 1. The van der Waals surface area contributed by atoms with Gasteiger partial charge in [-0.05, 0) is 26.1 Å². The third-order valence-electron chi connectivity index (χ3n) is 2.47. The number of carbonyl (C=O) groups excluding carboxylic acids is 1. The molecule has 1 aromatic carbocycles. The minimum atomic E-state index is -5.02. The average molecular weight is 327 g/mol. The van der Waals surface area contributed by atoms with Crippen molar-refractivity contribution in [1.29, 1.82) is 0 Å². The fraction of sp³-hybridized carbons (Fsp3) is 0.364. The number of rotatable bonds is 4. The van der Waals surface area contributed by atoms with Crippen molar-refractivity contribution in [2.24, 2.45) is 0 Å². The molecule has 0 heterocycles. The van der Waals surface area contributed by atoms with Crippen molar-refractivity contribution in [3.63, 3.8) is 0 Å². The summed E-state index contributed by atoms with van der Waals surface area (Å²) in [6.07, 6.45) is -5.02. The number of alkyl halides is 3. The predicted molar refractivity (Wildman–Crippen MR) is 65.3 cm³/mol. The van der Waals surface area contributed by atoms with Gasteiger partial charge in [-0.3, -0.25) is 0 Å².